The van der Waals surface area contributed by atoms with Crippen LogP contribution in [0.15, 0.2) is 59.4 Å². The number of benzene rings is 2. The zero-order chi connectivity index (χ0) is 29.0. The van der Waals surface area contributed by atoms with E-state index in [-0.39, 0.29) is 5.56 Å². The topological polar surface area (TPSA) is 61.0 Å². The van der Waals surface area contributed by atoms with Gasteiger partial charge in [-0.25, -0.2) is 0 Å². The largest absolute Gasteiger partial charge is 0.497 e. The van der Waals surface area contributed by atoms with Gasteiger partial charge in [0.25, 0.3) is 5.56 Å². The predicted octanol–water partition coefficient (Wildman–Crippen LogP) is 6.18. The number of hydrogen-bond acceptors (Lipinski definition) is 5. The first-order valence-electron chi connectivity index (χ1n) is 14.5. The Labute approximate surface area is 243 Å². The molecular formula is C33H40N4O3Si. The molecule has 0 bridgehead atoms. The molecule has 0 amide bonds. The van der Waals surface area contributed by atoms with E-state index in [1.165, 1.54) is 6.42 Å². The fraction of sp³-hybridized carbons (Fsp3) is 0.394. The Bertz CT molecular complexity index is 1630. The molecule has 4 aromatic rings. The molecule has 7 nitrogen and oxygen atoms in total. The van der Waals surface area contributed by atoms with Gasteiger partial charge in [0.05, 0.1) is 7.11 Å². The number of methoxy groups -OCH3 is 1. The highest BCUT2D eigenvalue weighted by Crippen LogP contribution is 2.36. The highest BCUT2D eigenvalue weighted by molar-refractivity contribution is 6.76. The smallest absolute Gasteiger partial charge is 0.290 e. The van der Waals surface area contributed by atoms with Gasteiger partial charge >= 0.3 is 0 Å². The number of rotatable bonds is 8. The van der Waals surface area contributed by atoms with Crippen molar-refractivity contribution in [3.63, 3.8) is 0 Å². The Balaban J connectivity index is 1.71. The van der Waals surface area contributed by atoms with E-state index < -0.39 is 8.07 Å². The molecule has 1 aliphatic rings. The molecule has 0 spiro atoms. The van der Waals surface area contributed by atoms with E-state index in [0.29, 0.717) is 18.9 Å². The molecule has 0 N–H and O–H groups in total. The molecule has 0 radical (unpaired) electrons. The first-order chi connectivity index (χ1) is 19.8. The molecule has 3 heterocycles. The minimum atomic E-state index is -1.26. The van der Waals surface area contributed by atoms with E-state index in [9.17, 15) is 4.79 Å². The molecule has 0 atom stereocenters. The van der Waals surface area contributed by atoms with Gasteiger partial charge in [-0.3, -0.25) is 4.79 Å². The Hall–Kier alpha value is -3.80. The van der Waals surface area contributed by atoms with Crippen LogP contribution < -0.4 is 15.2 Å². The monoisotopic (exact) mass is 568 g/mol. The fourth-order valence-electron chi connectivity index (χ4n) is 5.21. The standard InChI is InChI=1S/C33H40N4O3Si/c1-25-29(18-17-26-13-12-16-28(23-26)39-2)33(38)37-32(36(25)24-40-21-22-41(3,4)5)31(35-19-10-7-11-20-35)30(34-37)27-14-8-6-9-15-27/h6,8-9,12-16,23H,7,10-11,19-22,24H2,1-5H3. The maximum atomic E-state index is 14.1. The Morgan fingerprint density at radius 2 is 1.73 bits per heavy atom. The number of nitrogens with zero attached hydrogens (tertiary/aromatic N) is 4. The van der Waals surface area contributed by atoms with Crippen LogP contribution in [0.2, 0.25) is 25.7 Å². The SMILES string of the molecule is COc1cccc(C#Cc2c(C)n(COCC[Si](C)(C)C)c3c(N4CCCCC4)c(-c4ccccc4)nn3c2=O)c1. The van der Waals surface area contributed by atoms with Gasteiger partial charge in [-0.2, -0.15) is 9.61 Å². The van der Waals surface area contributed by atoms with E-state index in [1.54, 1.807) is 11.6 Å². The summed E-state index contributed by atoms with van der Waals surface area (Å²) in [6.45, 7) is 11.9. The van der Waals surface area contributed by atoms with Crippen molar-refractivity contribution in [2.75, 3.05) is 31.7 Å². The minimum Gasteiger partial charge on any atom is -0.497 e. The first kappa shape index (κ1) is 28.7. The molecule has 1 saturated heterocycles. The van der Waals surface area contributed by atoms with Crippen LogP contribution >= 0.6 is 0 Å². The van der Waals surface area contributed by atoms with Gasteiger partial charge in [-0.15, -0.1) is 0 Å². The first-order valence-corrected chi connectivity index (χ1v) is 18.2. The summed E-state index contributed by atoms with van der Waals surface area (Å²) in [7, 11) is 0.371. The van der Waals surface area contributed by atoms with Crippen LogP contribution in [0.5, 0.6) is 5.75 Å². The van der Waals surface area contributed by atoms with Crippen molar-refractivity contribution < 1.29 is 9.47 Å². The molecule has 1 aliphatic heterocycles. The van der Waals surface area contributed by atoms with Gasteiger partial charge in [-0.1, -0.05) is 67.9 Å². The maximum Gasteiger partial charge on any atom is 0.290 e. The zero-order valence-electron chi connectivity index (χ0n) is 24.9. The molecule has 2 aromatic carbocycles. The van der Waals surface area contributed by atoms with Crippen molar-refractivity contribution in [1.29, 1.82) is 0 Å². The summed E-state index contributed by atoms with van der Waals surface area (Å²) in [5.41, 5.74) is 5.34. The number of hydrogen-bond donors (Lipinski definition) is 0. The van der Waals surface area contributed by atoms with Crippen molar-refractivity contribution >= 4 is 19.4 Å². The maximum absolute atomic E-state index is 14.1. The second-order valence-electron chi connectivity index (χ2n) is 11.9. The van der Waals surface area contributed by atoms with E-state index in [4.69, 9.17) is 14.6 Å². The van der Waals surface area contributed by atoms with Crippen LogP contribution in [0.1, 0.15) is 36.1 Å². The highest BCUT2D eigenvalue weighted by Gasteiger charge is 2.27. The Morgan fingerprint density at radius 3 is 2.44 bits per heavy atom. The quantitative estimate of drug-likeness (QED) is 0.144. The molecule has 0 unspecified atom stereocenters. The third-order valence-electron chi connectivity index (χ3n) is 7.60. The molecule has 41 heavy (non-hydrogen) atoms. The van der Waals surface area contributed by atoms with Crippen molar-refractivity contribution in [1.82, 2.24) is 14.2 Å². The van der Waals surface area contributed by atoms with Gasteiger partial charge < -0.3 is 18.9 Å². The third kappa shape index (κ3) is 6.42. The van der Waals surface area contributed by atoms with Gasteiger partial charge in [0.1, 0.15) is 29.4 Å². The molecule has 0 aliphatic carbocycles. The lowest BCUT2D eigenvalue weighted by atomic mass is 10.1. The van der Waals surface area contributed by atoms with Crippen molar-refractivity contribution in [3.8, 4) is 28.8 Å². The van der Waals surface area contributed by atoms with Crippen LogP contribution in [0.3, 0.4) is 0 Å². The number of piperidine rings is 1. The Kier molecular flexibility index (Phi) is 8.67. The molecule has 1 fully saturated rings. The van der Waals surface area contributed by atoms with Crippen molar-refractivity contribution in [3.05, 3.63) is 81.8 Å². The van der Waals surface area contributed by atoms with Gasteiger partial charge in [0.2, 0.25) is 0 Å². The number of fused-ring (bicyclic) bond motifs is 1. The van der Waals surface area contributed by atoms with Crippen LogP contribution in [0.4, 0.5) is 5.69 Å². The second-order valence-corrected chi connectivity index (χ2v) is 17.5. The number of anilines is 1. The molecule has 214 valence electrons. The molecule has 2 aromatic heterocycles. The van der Waals surface area contributed by atoms with E-state index in [1.807, 2.05) is 49.4 Å². The summed E-state index contributed by atoms with van der Waals surface area (Å²) in [5, 5.41) is 4.98. The summed E-state index contributed by atoms with van der Waals surface area (Å²) in [5.74, 6) is 7.09. The summed E-state index contributed by atoms with van der Waals surface area (Å²) in [6, 6.07) is 18.8. The van der Waals surface area contributed by atoms with Gasteiger partial charge in [0.15, 0.2) is 5.65 Å². The van der Waals surface area contributed by atoms with Gasteiger partial charge in [-0.05, 0) is 50.4 Å². The summed E-state index contributed by atoms with van der Waals surface area (Å²) in [6.07, 6.45) is 3.45. The van der Waals surface area contributed by atoms with Crippen molar-refractivity contribution in [2.45, 2.75) is 58.6 Å². The third-order valence-corrected chi connectivity index (χ3v) is 9.31. The summed E-state index contributed by atoms with van der Waals surface area (Å²) in [4.78, 5) is 16.5. The van der Waals surface area contributed by atoms with E-state index in [2.05, 4.69) is 53.1 Å². The average Bonchev–Trinajstić information content (AvgIpc) is 3.38. The fourth-order valence-corrected chi connectivity index (χ4v) is 5.97. The normalized spacial score (nSPS) is 13.7. The lowest BCUT2D eigenvalue weighted by molar-refractivity contribution is 0.0876. The van der Waals surface area contributed by atoms with Gasteiger partial charge in [0, 0.05) is 44.6 Å². The molecule has 0 saturated carbocycles. The molecule has 8 heteroatoms. The van der Waals surface area contributed by atoms with Crippen LogP contribution in [0, 0.1) is 18.8 Å². The number of ether oxygens (including phenoxy) is 2. The molecular weight excluding hydrogens is 528 g/mol. The van der Waals surface area contributed by atoms with E-state index >= 15 is 0 Å². The lowest BCUT2D eigenvalue weighted by Gasteiger charge is -2.29. The van der Waals surface area contributed by atoms with Crippen molar-refractivity contribution in [2.24, 2.45) is 0 Å². The Morgan fingerprint density at radius 1 is 0.976 bits per heavy atom. The molecule has 5 rings (SSSR count). The van der Waals surface area contributed by atoms with Crippen LogP contribution in [-0.2, 0) is 11.5 Å². The summed E-state index contributed by atoms with van der Waals surface area (Å²) >= 11 is 0. The average molecular weight is 569 g/mol. The minimum absolute atomic E-state index is 0.216. The summed E-state index contributed by atoms with van der Waals surface area (Å²) < 4.78 is 15.3. The predicted molar refractivity (Wildman–Crippen MR) is 169 cm³/mol. The number of aromatic nitrogens is 3. The van der Waals surface area contributed by atoms with Crippen LogP contribution in [0.25, 0.3) is 16.9 Å². The second kappa shape index (κ2) is 12.4. The zero-order valence-corrected chi connectivity index (χ0v) is 25.9. The van der Waals surface area contributed by atoms with Crippen LogP contribution in [-0.4, -0.2) is 49.1 Å². The van der Waals surface area contributed by atoms with E-state index in [0.717, 1.165) is 71.6 Å². The lowest BCUT2D eigenvalue weighted by Crippen LogP contribution is -2.31. The highest BCUT2D eigenvalue weighted by atomic mass is 28.3.